The topological polar surface area (TPSA) is 102 Å². The summed E-state index contributed by atoms with van der Waals surface area (Å²) in [6.45, 7) is 6.20. The maximum absolute atomic E-state index is 12.8. The largest absolute Gasteiger partial charge is 0.481 e. The number of hydrogen-bond acceptors (Lipinski definition) is 5. The Kier molecular flexibility index (Phi) is 6.21. The van der Waals surface area contributed by atoms with Crippen molar-refractivity contribution in [3.8, 4) is 5.88 Å². The lowest BCUT2D eigenvalue weighted by Crippen LogP contribution is -2.36. The first-order valence-corrected chi connectivity index (χ1v) is 10.3. The molecule has 2 aromatic heterocycles. The summed E-state index contributed by atoms with van der Waals surface area (Å²) in [6.07, 6.45) is 1.56. The Hall–Kier alpha value is -2.07. The van der Waals surface area contributed by atoms with Gasteiger partial charge in [-0.2, -0.15) is 0 Å². The highest BCUT2D eigenvalue weighted by molar-refractivity contribution is 9.10. The molecule has 0 spiro atoms. The van der Waals surface area contributed by atoms with Crippen LogP contribution in [0.25, 0.3) is 0 Å². The molecular weight excluding hydrogens is 438 g/mol. The first-order chi connectivity index (χ1) is 12.4. The van der Waals surface area contributed by atoms with Crippen molar-refractivity contribution in [2.75, 3.05) is 13.7 Å². The molecule has 2 rings (SSSR count). The molecule has 0 saturated carbocycles. The third-order valence-corrected chi connectivity index (χ3v) is 6.09. The van der Waals surface area contributed by atoms with Gasteiger partial charge in [0.05, 0.1) is 19.9 Å². The first-order valence-electron chi connectivity index (χ1n) is 8.04. The fraction of sp³-hybridized carbons (Fsp3) is 0.412. The van der Waals surface area contributed by atoms with E-state index >= 15 is 0 Å². The molecule has 0 atom stereocenters. The van der Waals surface area contributed by atoms with Gasteiger partial charge >= 0.3 is 6.09 Å². The molecule has 0 aliphatic rings. The van der Waals surface area contributed by atoms with Crippen molar-refractivity contribution >= 4 is 32.0 Å². The second-order valence-corrected chi connectivity index (χ2v) is 9.83. The standard InChI is InChI=1S/C17H22BrN3O5S/c1-17(2,3)11-20(16(22)23)9-12-7-14(18)21(10-12)27(24,25)13-5-6-15(26-4)19-8-13/h5-8,10H,9,11H2,1-4H3,(H,22,23). The number of rotatable bonds is 6. The molecule has 0 radical (unpaired) electrons. The molecule has 2 heterocycles. The molecule has 10 heteroatoms. The van der Waals surface area contributed by atoms with Crippen molar-refractivity contribution in [1.82, 2.24) is 13.9 Å². The normalized spacial score (nSPS) is 12.0. The zero-order valence-electron chi connectivity index (χ0n) is 15.5. The number of aromatic nitrogens is 2. The minimum atomic E-state index is -3.88. The van der Waals surface area contributed by atoms with Crippen molar-refractivity contribution in [1.29, 1.82) is 0 Å². The van der Waals surface area contributed by atoms with Crippen LogP contribution in [0.5, 0.6) is 5.88 Å². The van der Waals surface area contributed by atoms with Gasteiger partial charge in [-0.15, -0.1) is 0 Å². The van der Waals surface area contributed by atoms with Crippen LogP contribution in [0.4, 0.5) is 4.79 Å². The number of carboxylic acid groups (broad SMARTS) is 1. The summed E-state index contributed by atoms with van der Waals surface area (Å²) in [5.41, 5.74) is 0.331. The van der Waals surface area contributed by atoms with E-state index in [-0.39, 0.29) is 16.9 Å². The SMILES string of the molecule is COc1ccc(S(=O)(=O)n2cc(CN(CC(C)(C)C)C(=O)O)cc2Br)cn1. The zero-order valence-corrected chi connectivity index (χ0v) is 17.9. The van der Waals surface area contributed by atoms with E-state index in [1.54, 1.807) is 6.07 Å². The molecule has 0 unspecified atom stereocenters. The average Bonchev–Trinajstić information content (AvgIpc) is 2.94. The molecule has 148 valence electrons. The maximum Gasteiger partial charge on any atom is 0.407 e. The number of hydrogen-bond donors (Lipinski definition) is 1. The van der Waals surface area contributed by atoms with E-state index in [1.807, 2.05) is 20.8 Å². The minimum Gasteiger partial charge on any atom is -0.481 e. The highest BCUT2D eigenvalue weighted by atomic mass is 79.9. The van der Waals surface area contributed by atoms with Gasteiger partial charge in [-0.25, -0.2) is 22.2 Å². The number of nitrogens with zero attached hydrogens (tertiary/aromatic N) is 3. The second kappa shape index (κ2) is 7.89. The fourth-order valence-corrected chi connectivity index (χ4v) is 4.65. The van der Waals surface area contributed by atoms with Crippen LogP contribution in [-0.2, 0) is 16.6 Å². The Morgan fingerprint density at radius 3 is 2.52 bits per heavy atom. The summed E-state index contributed by atoms with van der Waals surface area (Å²) >= 11 is 3.24. The van der Waals surface area contributed by atoms with Gasteiger partial charge in [0, 0.05) is 18.8 Å². The monoisotopic (exact) mass is 459 g/mol. The first kappa shape index (κ1) is 21.2. The number of pyridine rings is 1. The number of methoxy groups -OCH3 is 1. The number of carbonyl (C=O) groups is 1. The Bertz CT molecular complexity index is 917. The summed E-state index contributed by atoms with van der Waals surface area (Å²) < 4.78 is 32.0. The van der Waals surface area contributed by atoms with Gasteiger partial charge in [-0.3, -0.25) is 0 Å². The molecule has 1 amide bonds. The highest BCUT2D eigenvalue weighted by Gasteiger charge is 2.24. The molecule has 8 nitrogen and oxygen atoms in total. The third kappa shape index (κ3) is 5.23. The zero-order chi connectivity index (χ0) is 20.4. The van der Waals surface area contributed by atoms with Gasteiger partial charge in [0.25, 0.3) is 10.0 Å². The smallest absolute Gasteiger partial charge is 0.407 e. The lowest BCUT2D eigenvalue weighted by Gasteiger charge is -2.27. The summed E-state index contributed by atoms with van der Waals surface area (Å²) in [4.78, 5) is 16.7. The molecule has 0 fully saturated rings. The Balaban J connectivity index is 2.32. The van der Waals surface area contributed by atoms with Crippen LogP contribution in [0.1, 0.15) is 26.3 Å². The van der Waals surface area contributed by atoms with E-state index in [0.29, 0.717) is 22.6 Å². The Labute approximate surface area is 167 Å². The Morgan fingerprint density at radius 1 is 1.37 bits per heavy atom. The van der Waals surface area contributed by atoms with E-state index in [0.717, 1.165) is 3.97 Å². The molecule has 0 aromatic carbocycles. The summed E-state index contributed by atoms with van der Waals surface area (Å²) in [7, 11) is -2.44. The fourth-order valence-electron chi connectivity index (χ4n) is 2.47. The quantitative estimate of drug-likeness (QED) is 0.709. The maximum atomic E-state index is 12.8. The van der Waals surface area contributed by atoms with Crippen LogP contribution >= 0.6 is 15.9 Å². The van der Waals surface area contributed by atoms with Crippen LogP contribution in [0, 0.1) is 5.41 Å². The highest BCUT2D eigenvalue weighted by Crippen LogP contribution is 2.25. The van der Waals surface area contributed by atoms with Crippen LogP contribution < -0.4 is 4.74 Å². The molecule has 0 bridgehead atoms. The minimum absolute atomic E-state index is 0.00377. The van der Waals surface area contributed by atoms with Gasteiger partial charge < -0.3 is 14.7 Å². The summed E-state index contributed by atoms with van der Waals surface area (Å²) in [5.74, 6) is 0.306. The molecular formula is C17H22BrN3O5S. The molecule has 0 aliphatic heterocycles. The summed E-state index contributed by atoms with van der Waals surface area (Å²) in [5, 5.41) is 9.43. The predicted molar refractivity (Wildman–Crippen MR) is 103 cm³/mol. The summed E-state index contributed by atoms with van der Waals surface area (Å²) in [6, 6.07) is 4.45. The predicted octanol–water partition coefficient (Wildman–Crippen LogP) is 3.42. The third-order valence-electron chi connectivity index (χ3n) is 3.58. The second-order valence-electron chi connectivity index (χ2n) is 7.21. The van der Waals surface area contributed by atoms with Crippen molar-refractivity contribution in [2.24, 2.45) is 5.41 Å². The number of amides is 1. The van der Waals surface area contributed by atoms with Gasteiger partial charge in [-0.05, 0) is 39.0 Å². The molecule has 0 saturated heterocycles. The van der Waals surface area contributed by atoms with E-state index in [9.17, 15) is 18.3 Å². The molecule has 27 heavy (non-hydrogen) atoms. The molecule has 2 aromatic rings. The van der Waals surface area contributed by atoms with Crippen LogP contribution in [0.15, 0.2) is 40.1 Å². The van der Waals surface area contributed by atoms with Crippen molar-refractivity contribution < 1.29 is 23.1 Å². The van der Waals surface area contributed by atoms with E-state index in [1.165, 1.54) is 36.5 Å². The molecule has 1 N–H and O–H groups in total. The van der Waals surface area contributed by atoms with Crippen molar-refractivity contribution in [2.45, 2.75) is 32.2 Å². The molecule has 0 aliphatic carbocycles. The van der Waals surface area contributed by atoms with Crippen LogP contribution in [0.2, 0.25) is 0 Å². The van der Waals surface area contributed by atoms with Gasteiger partial charge in [0.1, 0.15) is 9.50 Å². The lowest BCUT2D eigenvalue weighted by atomic mass is 9.96. The van der Waals surface area contributed by atoms with Crippen molar-refractivity contribution in [3.63, 3.8) is 0 Å². The van der Waals surface area contributed by atoms with Gasteiger partial charge in [0.2, 0.25) is 5.88 Å². The van der Waals surface area contributed by atoms with Crippen LogP contribution in [-0.4, -0.2) is 47.1 Å². The van der Waals surface area contributed by atoms with Crippen molar-refractivity contribution in [3.05, 3.63) is 40.8 Å². The van der Waals surface area contributed by atoms with E-state index < -0.39 is 16.1 Å². The Morgan fingerprint density at radius 2 is 2.04 bits per heavy atom. The van der Waals surface area contributed by atoms with Gasteiger partial charge in [0.15, 0.2) is 0 Å². The average molecular weight is 460 g/mol. The van der Waals surface area contributed by atoms with Gasteiger partial charge in [-0.1, -0.05) is 20.8 Å². The lowest BCUT2D eigenvalue weighted by molar-refractivity contribution is 0.123. The number of halogens is 1. The van der Waals surface area contributed by atoms with E-state index in [2.05, 4.69) is 20.9 Å². The number of ether oxygens (including phenoxy) is 1. The van der Waals surface area contributed by atoms with E-state index in [4.69, 9.17) is 4.74 Å². The van der Waals surface area contributed by atoms with Crippen LogP contribution in [0.3, 0.4) is 0 Å².